The second kappa shape index (κ2) is 5.30. The molecule has 0 fully saturated rings. The van der Waals surface area contributed by atoms with Gasteiger partial charge in [0.05, 0.1) is 0 Å². The van der Waals surface area contributed by atoms with Gasteiger partial charge in [0, 0.05) is 30.3 Å². The minimum atomic E-state index is -0.283. The highest BCUT2D eigenvalue weighted by Crippen LogP contribution is 2.06. The minimum Gasteiger partial charge on any atom is -0.350 e. The van der Waals surface area contributed by atoms with Crippen LogP contribution in [0.3, 0.4) is 0 Å². The third-order valence-corrected chi connectivity index (χ3v) is 2.60. The third kappa shape index (κ3) is 3.45. The van der Waals surface area contributed by atoms with Crippen LogP contribution in [0.15, 0.2) is 48.8 Å². The van der Waals surface area contributed by atoms with E-state index in [9.17, 15) is 10.1 Å². The van der Waals surface area contributed by atoms with Crippen molar-refractivity contribution in [1.82, 2.24) is 4.57 Å². The first-order chi connectivity index (χ1) is 8.24. The van der Waals surface area contributed by atoms with Crippen LogP contribution >= 0.6 is 0 Å². The Morgan fingerprint density at radius 1 is 1.12 bits per heavy atom. The molecule has 0 radical (unpaired) electrons. The molecule has 0 bridgehead atoms. The van der Waals surface area contributed by atoms with Crippen LogP contribution in [0.4, 0.5) is 0 Å². The zero-order chi connectivity index (χ0) is 12.1. The zero-order valence-corrected chi connectivity index (χ0v) is 9.45. The van der Waals surface area contributed by atoms with Crippen molar-refractivity contribution in [2.75, 3.05) is 6.54 Å². The number of benzene rings is 1. The average Bonchev–Trinajstić information content (AvgIpc) is 2.75. The summed E-state index contributed by atoms with van der Waals surface area (Å²) in [7, 11) is 0. The smallest absolute Gasteiger partial charge is 0.207 e. The SMILES string of the molecule is O=[N+]([O-])CCc1ccn(Cc2ccccc2)c1. The molecular formula is C13H14N2O2. The normalized spacial score (nSPS) is 10.4. The molecule has 4 heteroatoms. The number of aromatic nitrogens is 1. The fraction of sp³-hybridized carbons (Fsp3) is 0.231. The Morgan fingerprint density at radius 3 is 2.59 bits per heavy atom. The second-order valence-electron chi connectivity index (χ2n) is 3.98. The van der Waals surface area contributed by atoms with Crippen LogP contribution in [0.2, 0.25) is 0 Å². The highest BCUT2D eigenvalue weighted by atomic mass is 16.6. The monoisotopic (exact) mass is 230 g/mol. The van der Waals surface area contributed by atoms with Gasteiger partial charge in [-0.3, -0.25) is 10.1 Å². The van der Waals surface area contributed by atoms with Crippen molar-refractivity contribution >= 4 is 0 Å². The van der Waals surface area contributed by atoms with Crippen molar-refractivity contribution in [3.63, 3.8) is 0 Å². The van der Waals surface area contributed by atoms with Crippen LogP contribution in [0.5, 0.6) is 0 Å². The van der Waals surface area contributed by atoms with Crippen LogP contribution in [0.25, 0.3) is 0 Å². The zero-order valence-electron chi connectivity index (χ0n) is 9.45. The molecular weight excluding hydrogens is 216 g/mol. The van der Waals surface area contributed by atoms with Crippen LogP contribution < -0.4 is 0 Å². The number of hydrogen-bond donors (Lipinski definition) is 0. The Bertz CT molecular complexity index is 491. The van der Waals surface area contributed by atoms with Gasteiger partial charge in [0.1, 0.15) is 0 Å². The summed E-state index contributed by atoms with van der Waals surface area (Å²) in [5.74, 6) is 0. The van der Waals surface area contributed by atoms with Gasteiger partial charge in [-0.2, -0.15) is 0 Å². The molecule has 2 aromatic rings. The average molecular weight is 230 g/mol. The maximum absolute atomic E-state index is 10.3. The molecule has 0 saturated carbocycles. The van der Waals surface area contributed by atoms with Gasteiger partial charge >= 0.3 is 0 Å². The van der Waals surface area contributed by atoms with Gasteiger partial charge in [0.2, 0.25) is 6.54 Å². The van der Waals surface area contributed by atoms with Gasteiger partial charge in [0.15, 0.2) is 0 Å². The highest BCUT2D eigenvalue weighted by Gasteiger charge is 2.02. The van der Waals surface area contributed by atoms with Crippen LogP contribution in [0, 0.1) is 10.1 Å². The summed E-state index contributed by atoms with van der Waals surface area (Å²) in [6, 6.07) is 12.1. The maximum Gasteiger partial charge on any atom is 0.207 e. The van der Waals surface area contributed by atoms with Crippen molar-refractivity contribution in [3.8, 4) is 0 Å². The van der Waals surface area contributed by atoms with E-state index < -0.39 is 0 Å². The fourth-order valence-corrected chi connectivity index (χ4v) is 1.75. The molecule has 2 rings (SSSR count). The lowest BCUT2D eigenvalue weighted by Gasteiger charge is -2.02. The van der Waals surface area contributed by atoms with E-state index in [1.165, 1.54) is 5.56 Å². The van der Waals surface area contributed by atoms with Crippen molar-refractivity contribution < 1.29 is 4.92 Å². The van der Waals surface area contributed by atoms with Crippen LogP contribution in [0.1, 0.15) is 11.1 Å². The molecule has 0 N–H and O–H groups in total. The molecule has 1 heterocycles. The van der Waals surface area contributed by atoms with Crippen molar-refractivity contribution in [2.24, 2.45) is 0 Å². The topological polar surface area (TPSA) is 48.1 Å². The predicted molar refractivity (Wildman–Crippen MR) is 65.5 cm³/mol. The largest absolute Gasteiger partial charge is 0.350 e. The lowest BCUT2D eigenvalue weighted by atomic mass is 10.2. The molecule has 0 aliphatic heterocycles. The van der Waals surface area contributed by atoms with E-state index in [4.69, 9.17) is 0 Å². The van der Waals surface area contributed by atoms with Gasteiger partial charge < -0.3 is 4.57 Å². The van der Waals surface area contributed by atoms with Crippen molar-refractivity contribution in [2.45, 2.75) is 13.0 Å². The molecule has 1 aromatic heterocycles. The summed E-state index contributed by atoms with van der Waals surface area (Å²) >= 11 is 0. The summed E-state index contributed by atoms with van der Waals surface area (Å²) < 4.78 is 2.05. The molecule has 0 aliphatic rings. The summed E-state index contributed by atoms with van der Waals surface area (Å²) in [5, 5.41) is 10.3. The summed E-state index contributed by atoms with van der Waals surface area (Å²) in [5.41, 5.74) is 2.24. The third-order valence-electron chi connectivity index (χ3n) is 2.60. The van der Waals surface area contributed by atoms with Gasteiger partial charge in [0.25, 0.3) is 0 Å². The molecule has 4 nitrogen and oxygen atoms in total. The minimum absolute atomic E-state index is 0.00461. The van der Waals surface area contributed by atoms with Gasteiger partial charge in [-0.15, -0.1) is 0 Å². The molecule has 0 spiro atoms. The maximum atomic E-state index is 10.3. The molecule has 0 amide bonds. The first kappa shape index (κ1) is 11.4. The first-order valence-corrected chi connectivity index (χ1v) is 5.54. The van der Waals surface area contributed by atoms with E-state index in [0.717, 1.165) is 12.1 Å². The van der Waals surface area contributed by atoms with E-state index in [1.54, 1.807) is 0 Å². The Balaban J connectivity index is 1.97. The highest BCUT2D eigenvalue weighted by molar-refractivity contribution is 5.17. The van der Waals surface area contributed by atoms with E-state index in [1.807, 2.05) is 41.2 Å². The lowest BCUT2D eigenvalue weighted by Crippen LogP contribution is -2.03. The van der Waals surface area contributed by atoms with Crippen LogP contribution in [-0.4, -0.2) is 16.0 Å². The number of nitrogens with zero attached hydrogens (tertiary/aromatic N) is 2. The Labute approximate surface area is 99.7 Å². The van der Waals surface area contributed by atoms with E-state index in [0.29, 0.717) is 6.42 Å². The number of nitro groups is 1. The Hall–Kier alpha value is -2.10. The predicted octanol–water partition coefficient (Wildman–Crippen LogP) is 2.36. The van der Waals surface area contributed by atoms with E-state index >= 15 is 0 Å². The molecule has 0 unspecified atom stereocenters. The summed E-state index contributed by atoms with van der Waals surface area (Å²) in [6.45, 7) is 0.800. The molecule has 0 atom stereocenters. The van der Waals surface area contributed by atoms with Crippen molar-refractivity contribution in [3.05, 3.63) is 70.0 Å². The molecule has 17 heavy (non-hydrogen) atoms. The second-order valence-corrected chi connectivity index (χ2v) is 3.98. The first-order valence-electron chi connectivity index (χ1n) is 5.54. The molecule has 88 valence electrons. The summed E-state index contributed by atoms with van der Waals surface area (Å²) in [4.78, 5) is 9.99. The standard InChI is InChI=1S/C13H14N2O2/c16-15(17)9-7-13-6-8-14(11-13)10-12-4-2-1-3-5-12/h1-6,8,11H,7,9-10H2. The quantitative estimate of drug-likeness (QED) is 0.584. The molecule has 1 aromatic carbocycles. The number of rotatable bonds is 5. The molecule has 0 saturated heterocycles. The van der Waals surface area contributed by atoms with E-state index in [-0.39, 0.29) is 11.5 Å². The number of hydrogen-bond acceptors (Lipinski definition) is 2. The molecule has 0 aliphatic carbocycles. The fourth-order valence-electron chi connectivity index (χ4n) is 1.75. The van der Waals surface area contributed by atoms with Gasteiger partial charge in [-0.05, 0) is 17.2 Å². The van der Waals surface area contributed by atoms with Crippen molar-refractivity contribution in [1.29, 1.82) is 0 Å². The van der Waals surface area contributed by atoms with Crippen LogP contribution in [-0.2, 0) is 13.0 Å². The van der Waals surface area contributed by atoms with Gasteiger partial charge in [-0.25, -0.2) is 0 Å². The Kier molecular flexibility index (Phi) is 3.55. The van der Waals surface area contributed by atoms with Gasteiger partial charge in [-0.1, -0.05) is 30.3 Å². The Morgan fingerprint density at radius 2 is 1.88 bits per heavy atom. The van der Waals surface area contributed by atoms with E-state index in [2.05, 4.69) is 12.1 Å². The summed E-state index contributed by atoms with van der Waals surface area (Å²) in [6.07, 6.45) is 4.42. The lowest BCUT2D eigenvalue weighted by molar-refractivity contribution is -0.479.